The van der Waals surface area contributed by atoms with Crippen LogP contribution in [0.5, 0.6) is 0 Å². The molecule has 2 heterocycles. The number of aliphatic hydroxyl groups excluding tert-OH is 1. The van der Waals surface area contributed by atoms with E-state index in [1.165, 1.54) is 23.8 Å². The Hall–Kier alpha value is -3.04. The number of nitrogens with two attached hydrogens (primary N) is 1. The van der Waals surface area contributed by atoms with Gasteiger partial charge in [-0.25, -0.2) is 0 Å². The molecule has 7 heteroatoms. The molecule has 0 amide bonds. The smallest absolute Gasteiger partial charge is 0.112 e. The van der Waals surface area contributed by atoms with E-state index >= 15 is 0 Å². The van der Waals surface area contributed by atoms with E-state index in [0.29, 0.717) is 19.8 Å². The van der Waals surface area contributed by atoms with E-state index in [0.717, 1.165) is 68.6 Å². The maximum Gasteiger partial charge on any atom is 0.112 e. The maximum atomic E-state index is 11.7. The number of aromatic amines is 1. The van der Waals surface area contributed by atoms with Crippen molar-refractivity contribution >= 4 is 10.9 Å². The van der Waals surface area contributed by atoms with Crippen LogP contribution >= 0.6 is 0 Å². The Balaban J connectivity index is 1.32. The van der Waals surface area contributed by atoms with Crippen LogP contribution in [0, 0.1) is 5.92 Å². The molecule has 0 spiro atoms. The number of ether oxygens (including phenoxy) is 2. The molecule has 4 atom stereocenters. The summed E-state index contributed by atoms with van der Waals surface area (Å²) in [7, 11) is 0. The van der Waals surface area contributed by atoms with Gasteiger partial charge in [0.15, 0.2) is 0 Å². The second kappa shape index (κ2) is 17.4. The molecule has 1 saturated heterocycles. The van der Waals surface area contributed by atoms with Crippen molar-refractivity contribution < 1.29 is 14.6 Å². The molecule has 1 aliphatic heterocycles. The molecule has 0 radical (unpaired) electrons. The minimum absolute atomic E-state index is 0.142. The van der Waals surface area contributed by atoms with Crippen molar-refractivity contribution in [1.82, 2.24) is 15.2 Å². The highest BCUT2D eigenvalue weighted by molar-refractivity contribution is 5.83. The molecule has 7 nitrogen and oxygen atoms in total. The summed E-state index contributed by atoms with van der Waals surface area (Å²) < 4.78 is 13.3. The SMILES string of the molecule is NCCCCCCNC[C@@H]1CN(CCc2c[nH]c3ccccc23)C[C@@H](O)[C@@H](OCc2ccccc2)[C@@H]1OCc1ccccc1. The minimum atomic E-state index is -0.677. The fourth-order valence-corrected chi connectivity index (χ4v) is 6.35. The second-order valence-corrected chi connectivity index (χ2v) is 12.1. The lowest BCUT2D eigenvalue weighted by Crippen LogP contribution is -2.47. The highest BCUT2D eigenvalue weighted by atomic mass is 16.5. The van der Waals surface area contributed by atoms with Crippen LogP contribution in [0.25, 0.3) is 10.9 Å². The molecule has 5 rings (SSSR count). The van der Waals surface area contributed by atoms with Gasteiger partial charge < -0.3 is 30.6 Å². The van der Waals surface area contributed by atoms with Crippen molar-refractivity contribution in [2.45, 2.75) is 63.6 Å². The quantitative estimate of drug-likeness (QED) is 0.124. The van der Waals surface area contributed by atoms with Crippen molar-refractivity contribution in [2.75, 3.05) is 39.3 Å². The van der Waals surface area contributed by atoms with Crippen LogP contribution in [0.15, 0.2) is 91.1 Å². The molecule has 0 aliphatic carbocycles. The fraction of sp³-hybridized carbons (Fsp3) is 0.459. The number of hydrogen-bond acceptors (Lipinski definition) is 6. The Morgan fingerprint density at radius 2 is 1.45 bits per heavy atom. The van der Waals surface area contributed by atoms with Gasteiger partial charge in [-0.2, -0.15) is 0 Å². The standard InChI is InChI=1S/C37H50N4O3/c38-20-11-1-2-12-21-39-23-32-25-41(22-19-31-24-40-34-18-10-9-17-33(31)34)26-35(42)37(44-28-30-15-7-4-8-16-30)36(32)43-27-29-13-5-3-6-14-29/h3-10,13-18,24,32,35-37,39-40,42H,1-2,11-12,19-23,25-28,38H2/t32-,35-,36-,37-/m1/s1. The number of fused-ring (bicyclic) bond motifs is 1. The van der Waals surface area contributed by atoms with Gasteiger partial charge >= 0.3 is 0 Å². The van der Waals surface area contributed by atoms with Gasteiger partial charge in [-0.1, -0.05) is 91.7 Å². The van der Waals surface area contributed by atoms with Gasteiger partial charge in [-0.05, 0) is 55.1 Å². The van der Waals surface area contributed by atoms with Crippen LogP contribution < -0.4 is 11.1 Å². The molecular weight excluding hydrogens is 548 g/mol. The molecule has 0 saturated carbocycles. The summed E-state index contributed by atoms with van der Waals surface area (Å²) in [6, 6.07) is 29.0. The van der Waals surface area contributed by atoms with E-state index < -0.39 is 12.2 Å². The number of nitrogens with one attached hydrogen (secondary N) is 2. The van der Waals surface area contributed by atoms with Crippen LogP contribution in [-0.4, -0.2) is 72.6 Å². The van der Waals surface area contributed by atoms with Gasteiger partial charge in [0.25, 0.3) is 0 Å². The average Bonchev–Trinajstić information content (AvgIpc) is 3.42. The third-order valence-corrected chi connectivity index (χ3v) is 8.76. The Morgan fingerprint density at radius 1 is 0.795 bits per heavy atom. The molecule has 44 heavy (non-hydrogen) atoms. The molecule has 0 unspecified atom stereocenters. The molecule has 1 aromatic heterocycles. The monoisotopic (exact) mass is 598 g/mol. The number of nitrogens with zero attached hydrogens (tertiary/aromatic N) is 1. The summed E-state index contributed by atoms with van der Waals surface area (Å²) in [6.07, 6.45) is 6.21. The topological polar surface area (TPSA) is 95.8 Å². The van der Waals surface area contributed by atoms with E-state index in [1.54, 1.807) is 0 Å². The normalized spacial score (nSPS) is 21.0. The van der Waals surface area contributed by atoms with Gasteiger partial charge in [0, 0.05) is 49.2 Å². The van der Waals surface area contributed by atoms with Gasteiger partial charge in [0.1, 0.15) is 6.10 Å². The summed E-state index contributed by atoms with van der Waals surface area (Å²) >= 11 is 0. The zero-order chi connectivity index (χ0) is 30.4. The van der Waals surface area contributed by atoms with Crippen molar-refractivity contribution in [3.8, 4) is 0 Å². The van der Waals surface area contributed by atoms with Crippen molar-refractivity contribution in [3.05, 3.63) is 108 Å². The van der Waals surface area contributed by atoms with Crippen LogP contribution in [-0.2, 0) is 29.1 Å². The predicted octanol–water partition coefficient (Wildman–Crippen LogP) is 5.28. The molecule has 0 bridgehead atoms. The first kappa shape index (κ1) is 32.4. The summed E-state index contributed by atoms with van der Waals surface area (Å²) in [5, 5.41) is 16.7. The lowest BCUT2D eigenvalue weighted by molar-refractivity contribution is -0.140. The highest BCUT2D eigenvalue weighted by Crippen LogP contribution is 2.27. The van der Waals surface area contributed by atoms with Crippen molar-refractivity contribution in [2.24, 2.45) is 11.7 Å². The number of aliphatic hydroxyl groups is 1. The summed E-state index contributed by atoms with van der Waals surface area (Å²) in [5.41, 5.74) is 10.4. The van der Waals surface area contributed by atoms with E-state index in [1.807, 2.05) is 36.4 Å². The number of para-hydroxylation sites is 1. The molecule has 3 aromatic carbocycles. The lowest BCUT2D eigenvalue weighted by Gasteiger charge is -2.33. The average molecular weight is 599 g/mol. The first-order valence-electron chi connectivity index (χ1n) is 16.4. The number of unbranched alkanes of at least 4 members (excludes halogenated alkanes) is 3. The van der Waals surface area contributed by atoms with Crippen molar-refractivity contribution in [3.63, 3.8) is 0 Å². The summed E-state index contributed by atoms with van der Waals surface area (Å²) in [4.78, 5) is 5.82. The molecule has 4 aromatic rings. The Bertz CT molecular complexity index is 1350. The second-order valence-electron chi connectivity index (χ2n) is 12.1. The first-order chi connectivity index (χ1) is 21.7. The Kier molecular flexibility index (Phi) is 12.8. The van der Waals surface area contributed by atoms with Gasteiger partial charge in [-0.15, -0.1) is 0 Å². The number of rotatable bonds is 17. The third kappa shape index (κ3) is 9.48. The zero-order valence-corrected chi connectivity index (χ0v) is 26.0. The lowest BCUT2D eigenvalue weighted by atomic mass is 9.95. The molecule has 5 N–H and O–H groups in total. The van der Waals surface area contributed by atoms with E-state index in [-0.39, 0.29) is 12.0 Å². The third-order valence-electron chi connectivity index (χ3n) is 8.76. The number of aromatic nitrogens is 1. The maximum absolute atomic E-state index is 11.7. The number of benzene rings is 3. The number of likely N-dealkylation sites (tertiary alicyclic amines) is 1. The number of H-pyrrole nitrogens is 1. The van der Waals surface area contributed by atoms with Crippen LogP contribution in [0.2, 0.25) is 0 Å². The van der Waals surface area contributed by atoms with E-state index in [9.17, 15) is 5.11 Å². The van der Waals surface area contributed by atoms with Crippen molar-refractivity contribution in [1.29, 1.82) is 0 Å². The zero-order valence-electron chi connectivity index (χ0n) is 26.0. The Labute approximate surface area is 262 Å². The fourth-order valence-electron chi connectivity index (χ4n) is 6.35. The van der Waals surface area contributed by atoms with Gasteiger partial charge in [0.2, 0.25) is 0 Å². The predicted molar refractivity (Wildman–Crippen MR) is 178 cm³/mol. The molecule has 1 aliphatic rings. The molecule has 1 fully saturated rings. The summed E-state index contributed by atoms with van der Waals surface area (Å²) in [6.45, 7) is 5.66. The van der Waals surface area contributed by atoms with Crippen LogP contribution in [0.1, 0.15) is 42.4 Å². The van der Waals surface area contributed by atoms with Crippen LogP contribution in [0.3, 0.4) is 0 Å². The highest BCUT2D eigenvalue weighted by Gasteiger charge is 2.40. The summed E-state index contributed by atoms with van der Waals surface area (Å²) in [5.74, 6) is 0.142. The largest absolute Gasteiger partial charge is 0.389 e. The number of hydrogen-bond donors (Lipinski definition) is 4. The molecule has 236 valence electrons. The van der Waals surface area contributed by atoms with E-state index in [2.05, 4.69) is 69.9 Å². The van der Waals surface area contributed by atoms with Gasteiger partial charge in [-0.3, -0.25) is 4.90 Å². The molecular formula is C37H50N4O3. The minimum Gasteiger partial charge on any atom is -0.389 e. The Morgan fingerprint density at radius 3 is 2.18 bits per heavy atom. The first-order valence-corrected chi connectivity index (χ1v) is 16.4. The number of β-amino-alcohol motifs (C(OH)–C–C–N with tert-alkyl or cyclic N) is 1. The van der Waals surface area contributed by atoms with E-state index in [4.69, 9.17) is 15.2 Å². The van der Waals surface area contributed by atoms with Crippen LogP contribution in [0.4, 0.5) is 0 Å². The van der Waals surface area contributed by atoms with Gasteiger partial charge in [0.05, 0.1) is 25.4 Å².